The van der Waals surface area contributed by atoms with Gasteiger partial charge in [0.1, 0.15) is 10.2 Å². The summed E-state index contributed by atoms with van der Waals surface area (Å²) in [6.07, 6.45) is 1.79. The molecule has 4 heteroatoms. The monoisotopic (exact) mass is 228 g/mol. The maximum absolute atomic E-state index is 5.64. The van der Waals surface area contributed by atoms with Crippen LogP contribution in [0.3, 0.4) is 0 Å². The first-order chi connectivity index (χ1) is 7.84. The van der Waals surface area contributed by atoms with Crippen molar-refractivity contribution in [3.8, 4) is 11.5 Å². The van der Waals surface area contributed by atoms with Crippen LogP contribution < -0.4 is 0 Å². The van der Waals surface area contributed by atoms with E-state index in [1.165, 1.54) is 0 Å². The molecule has 0 radical (unpaired) electrons. The number of rotatable bonds is 1. The van der Waals surface area contributed by atoms with Crippen LogP contribution in [0.2, 0.25) is 0 Å². The maximum Gasteiger partial charge on any atom is 0.230 e. The Morgan fingerprint density at radius 3 is 2.81 bits per heavy atom. The molecule has 0 spiro atoms. The molecule has 1 aromatic carbocycles. The Morgan fingerprint density at radius 2 is 2.00 bits per heavy atom. The lowest BCUT2D eigenvalue weighted by Gasteiger charge is -1.93. The van der Waals surface area contributed by atoms with Crippen molar-refractivity contribution in [2.45, 2.75) is 0 Å². The summed E-state index contributed by atoms with van der Waals surface area (Å²) in [6, 6.07) is 11.4. The first-order valence-electron chi connectivity index (χ1n) is 4.88. The summed E-state index contributed by atoms with van der Waals surface area (Å²) in [6.45, 7) is 0. The van der Waals surface area contributed by atoms with Crippen LogP contribution in [0.1, 0.15) is 0 Å². The van der Waals surface area contributed by atoms with E-state index in [9.17, 15) is 0 Å². The van der Waals surface area contributed by atoms with E-state index in [1.54, 1.807) is 6.20 Å². The van der Waals surface area contributed by atoms with Crippen molar-refractivity contribution in [1.29, 1.82) is 0 Å². The highest BCUT2D eigenvalue weighted by atomic mass is 32.1. The summed E-state index contributed by atoms with van der Waals surface area (Å²) in [5.41, 5.74) is 2.43. The van der Waals surface area contributed by atoms with E-state index >= 15 is 0 Å². The normalized spacial score (nSPS) is 10.8. The summed E-state index contributed by atoms with van der Waals surface area (Å²) in [4.78, 5) is 7.35. The van der Waals surface area contributed by atoms with Crippen LogP contribution >= 0.6 is 12.2 Å². The van der Waals surface area contributed by atoms with E-state index in [0.717, 1.165) is 16.7 Å². The molecule has 0 aliphatic carbocycles. The van der Waals surface area contributed by atoms with Gasteiger partial charge in [0.2, 0.25) is 5.89 Å². The molecule has 16 heavy (non-hydrogen) atoms. The van der Waals surface area contributed by atoms with Crippen LogP contribution in [-0.2, 0) is 0 Å². The number of aromatic nitrogens is 2. The number of pyridine rings is 1. The Kier molecular flexibility index (Phi) is 2.08. The Balaban J connectivity index is 2.27. The van der Waals surface area contributed by atoms with Crippen LogP contribution in [0.4, 0.5) is 0 Å². The lowest BCUT2D eigenvalue weighted by Crippen LogP contribution is -1.80. The highest BCUT2D eigenvalue weighted by Crippen LogP contribution is 2.23. The molecular weight excluding hydrogens is 220 g/mol. The van der Waals surface area contributed by atoms with Gasteiger partial charge in [-0.15, -0.1) is 0 Å². The maximum atomic E-state index is 5.64. The number of nitrogens with one attached hydrogen (secondary N) is 1. The van der Waals surface area contributed by atoms with E-state index in [0.29, 0.717) is 10.5 Å². The molecule has 0 fully saturated rings. The van der Waals surface area contributed by atoms with Gasteiger partial charge in [-0.2, -0.15) is 0 Å². The fourth-order valence-electron chi connectivity index (χ4n) is 1.58. The van der Waals surface area contributed by atoms with E-state index in [4.69, 9.17) is 16.6 Å². The second kappa shape index (κ2) is 3.57. The average Bonchev–Trinajstić information content (AvgIpc) is 2.73. The minimum atomic E-state index is 0.558. The van der Waals surface area contributed by atoms with Crippen molar-refractivity contribution < 1.29 is 4.42 Å². The lowest BCUT2D eigenvalue weighted by atomic mass is 10.3. The molecule has 0 saturated heterocycles. The predicted octanol–water partition coefficient (Wildman–Crippen LogP) is 3.55. The minimum Gasteiger partial charge on any atom is -0.436 e. The van der Waals surface area contributed by atoms with E-state index in [1.807, 2.05) is 36.4 Å². The fraction of sp³-hybridized carbons (Fsp3) is 0. The van der Waals surface area contributed by atoms with Gasteiger partial charge in [-0.25, -0.2) is 4.98 Å². The number of benzene rings is 1. The highest BCUT2D eigenvalue weighted by molar-refractivity contribution is 7.71. The summed E-state index contributed by atoms with van der Waals surface area (Å²) in [7, 11) is 0. The number of nitrogens with zero attached hydrogens (tertiary/aromatic N) is 1. The SMILES string of the molecule is S=c1[nH]cccc1-c1nc2ccccc2o1. The van der Waals surface area contributed by atoms with E-state index < -0.39 is 0 Å². The second-order valence-corrected chi connectivity index (χ2v) is 3.81. The summed E-state index contributed by atoms with van der Waals surface area (Å²) in [5, 5.41) is 0. The Labute approximate surface area is 96.8 Å². The minimum absolute atomic E-state index is 0.558. The van der Waals surface area contributed by atoms with Crippen LogP contribution in [0.5, 0.6) is 0 Å². The quantitative estimate of drug-likeness (QED) is 0.647. The van der Waals surface area contributed by atoms with Crippen molar-refractivity contribution in [2.75, 3.05) is 0 Å². The van der Waals surface area contributed by atoms with Crippen molar-refractivity contribution in [3.63, 3.8) is 0 Å². The van der Waals surface area contributed by atoms with Gasteiger partial charge in [-0.1, -0.05) is 24.4 Å². The van der Waals surface area contributed by atoms with Crippen molar-refractivity contribution in [3.05, 3.63) is 47.2 Å². The Bertz CT molecular complexity index is 666. The molecule has 0 saturated carbocycles. The van der Waals surface area contributed by atoms with Crippen molar-refractivity contribution in [1.82, 2.24) is 9.97 Å². The number of hydrogen-bond acceptors (Lipinski definition) is 3. The summed E-state index contributed by atoms with van der Waals surface area (Å²) >= 11 is 5.18. The fourth-order valence-corrected chi connectivity index (χ4v) is 1.80. The van der Waals surface area contributed by atoms with Gasteiger partial charge >= 0.3 is 0 Å². The molecule has 0 atom stereocenters. The third kappa shape index (κ3) is 1.44. The molecule has 2 aromatic heterocycles. The van der Waals surface area contributed by atoms with Crippen LogP contribution in [-0.4, -0.2) is 9.97 Å². The average molecular weight is 228 g/mol. The van der Waals surface area contributed by atoms with Crippen LogP contribution in [0.25, 0.3) is 22.6 Å². The number of oxazole rings is 1. The third-order valence-electron chi connectivity index (χ3n) is 2.34. The molecule has 3 rings (SSSR count). The highest BCUT2D eigenvalue weighted by Gasteiger charge is 2.08. The zero-order valence-electron chi connectivity index (χ0n) is 8.31. The predicted molar refractivity (Wildman–Crippen MR) is 64.6 cm³/mol. The molecule has 78 valence electrons. The number of aromatic amines is 1. The standard InChI is InChI=1S/C12H8N2OS/c16-12-8(4-3-7-13-12)11-14-9-5-1-2-6-10(9)15-11/h1-7H,(H,13,16). The van der Waals surface area contributed by atoms with Gasteiger partial charge in [0.15, 0.2) is 5.58 Å². The number of para-hydroxylation sites is 2. The van der Waals surface area contributed by atoms with Crippen molar-refractivity contribution >= 4 is 23.3 Å². The van der Waals surface area contributed by atoms with Gasteiger partial charge < -0.3 is 9.40 Å². The Hall–Kier alpha value is -1.94. The number of hydrogen-bond donors (Lipinski definition) is 1. The lowest BCUT2D eigenvalue weighted by molar-refractivity contribution is 0.619. The van der Waals surface area contributed by atoms with Crippen molar-refractivity contribution in [2.24, 2.45) is 0 Å². The molecule has 1 N–H and O–H groups in total. The zero-order chi connectivity index (χ0) is 11.0. The third-order valence-corrected chi connectivity index (χ3v) is 2.68. The molecular formula is C12H8N2OS. The molecule has 0 bridgehead atoms. The van der Waals surface area contributed by atoms with Crippen LogP contribution in [0, 0.1) is 4.64 Å². The summed E-state index contributed by atoms with van der Waals surface area (Å²) < 4.78 is 6.27. The molecule has 0 unspecified atom stereocenters. The first kappa shape index (κ1) is 9.30. The van der Waals surface area contributed by atoms with Gasteiger partial charge in [0, 0.05) is 6.20 Å². The van der Waals surface area contributed by atoms with Gasteiger partial charge in [0.05, 0.1) is 5.56 Å². The summed E-state index contributed by atoms with van der Waals surface area (Å²) in [5.74, 6) is 0.558. The topological polar surface area (TPSA) is 41.8 Å². The molecule has 0 aliphatic rings. The van der Waals surface area contributed by atoms with Gasteiger partial charge in [-0.3, -0.25) is 0 Å². The smallest absolute Gasteiger partial charge is 0.230 e. The molecule has 3 nitrogen and oxygen atoms in total. The first-order valence-corrected chi connectivity index (χ1v) is 5.29. The van der Waals surface area contributed by atoms with E-state index in [2.05, 4.69) is 9.97 Å². The molecule has 3 aromatic rings. The molecule has 0 amide bonds. The zero-order valence-corrected chi connectivity index (χ0v) is 9.12. The van der Waals surface area contributed by atoms with Gasteiger partial charge in [-0.05, 0) is 24.3 Å². The van der Waals surface area contributed by atoms with Crippen LogP contribution in [0.15, 0.2) is 47.0 Å². The number of fused-ring (bicyclic) bond motifs is 1. The second-order valence-electron chi connectivity index (χ2n) is 3.40. The van der Waals surface area contributed by atoms with E-state index in [-0.39, 0.29) is 0 Å². The largest absolute Gasteiger partial charge is 0.436 e. The molecule has 2 heterocycles. The van der Waals surface area contributed by atoms with Gasteiger partial charge in [0.25, 0.3) is 0 Å². The Morgan fingerprint density at radius 1 is 1.12 bits per heavy atom. The number of H-pyrrole nitrogens is 1. The molecule has 0 aliphatic heterocycles.